The molecule has 0 saturated carbocycles. The first kappa shape index (κ1) is 15.9. The lowest BCUT2D eigenvalue weighted by atomic mass is 10.2. The lowest BCUT2D eigenvalue weighted by molar-refractivity contribution is -0.329. The summed E-state index contributed by atoms with van der Waals surface area (Å²) in [6, 6.07) is 0. The molecule has 0 aliphatic rings. The van der Waals surface area contributed by atoms with E-state index in [4.69, 9.17) is 9.78 Å². The molecule has 100 valence electrons. The Morgan fingerprint density at radius 3 is 1.29 bits per heavy atom. The van der Waals surface area contributed by atoms with Crippen LogP contribution in [0.15, 0.2) is 0 Å². The Bertz CT molecular complexity index is 243. The monoisotopic (exact) mass is 248 g/mol. The fourth-order valence-electron chi connectivity index (χ4n) is 0.520. The largest absolute Gasteiger partial charge is 0.353 e. The number of carbonyl (C=O) groups is 2. The quantitative estimate of drug-likeness (QED) is 0.430. The molecule has 0 aliphatic carbocycles. The van der Waals surface area contributed by atoms with Gasteiger partial charge >= 0.3 is 11.9 Å². The second-order valence-corrected chi connectivity index (χ2v) is 5.48. The smallest absolute Gasteiger partial charge is 0.297 e. The summed E-state index contributed by atoms with van der Waals surface area (Å²) in [5.74, 6) is -1.66. The highest BCUT2D eigenvalue weighted by atomic mass is 17.2. The average Bonchev–Trinajstić information content (AvgIpc) is 2.09. The Balaban J connectivity index is 3.86. The van der Waals surface area contributed by atoms with E-state index < -0.39 is 29.6 Å². The van der Waals surface area contributed by atoms with Crippen molar-refractivity contribution in [3.63, 3.8) is 0 Å². The zero-order chi connectivity index (χ0) is 13.7. The number of hydrogen-bond donors (Lipinski definition) is 0. The minimum absolute atomic E-state index is 0.563. The summed E-state index contributed by atoms with van der Waals surface area (Å²) in [6.45, 7) is 10.3. The molecule has 0 aromatic carbocycles. The SMILES string of the molecule is CC(C)(C)OOC(=O)CC(=O)OOC(C)(C)C. The van der Waals surface area contributed by atoms with Crippen LogP contribution in [-0.4, -0.2) is 23.1 Å². The predicted octanol–water partition coefficient (Wildman–Crippen LogP) is 1.92. The summed E-state index contributed by atoms with van der Waals surface area (Å²) in [4.78, 5) is 40.5. The Hall–Kier alpha value is -1.14. The van der Waals surface area contributed by atoms with E-state index in [-0.39, 0.29) is 0 Å². The lowest BCUT2D eigenvalue weighted by Gasteiger charge is -2.17. The van der Waals surface area contributed by atoms with E-state index in [9.17, 15) is 9.59 Å². The molecule has 0 saturated heterocycles. The number of rotatable bonds is 4. The van der Waals surface area contributed by atoms with E-state index in [1.165, 1.54) is 0 Å². The molecule has 0 unspecified atom stereocenters. The van der Waals surface area contributed by atoms with Gasteiger partial charge in [0.05, 0.1) is 0 Å². The first-order valence-electron chi connectivity index (χ1n) is 5.27. The molecule has 0 bridgehead atoms. The van der Waals surface area contributed by atoms with Crippen LogP contribution in [0.2, 0.25) is 0 Å². The van der Waals surface area contributed by atoms with E-state index in [0.29, 0.717) is 0 Å². The molecule has 0 atom stereocenters. The van der Waals surface area contributed by atoms with Crippen LogP contribution < -0.4 is 0 Å². The summed E-state index contributed by atoms with van der Waals surface area (Å²) in [5, 5.41) is 0. The van der Waals surface area contributed by atoms with Crippen molar-refractivity contribution in [2.45, 2.75) is 59.2 Å². The van der Waals surface area contributed by atoms with Crippen LogP contribution in [0.3, 0.4) is 0 Å². The van der Waals surface area contributed by atoms with Crippen molar-refractivity contribution in [1.82, 2.24) is 0 Å². The normalized spacial score (nSPS) is 12.1. The molecule has 0 heterocycles. The van der Waals surface area contributed by atoms with E-state index >= 15 is 0 Å². The highest BCUT2D eigenvalue weighted by Crippen LogP contribution is 2.09. The standard InChI is InChI=1S/C11H20O6/c1-10(2,3)16-14-8(12)7-9(13)15-17-11(4,5)6/h7H2,1-6H3. The lowest BCUT2D eigenvalue weighted by Crippen LogP contribution is -2.25. The van der Waals surface area contributed by atoms with E-state index in [1.54, 1.807) is 41.5 Å². The summed E-state index contributed by atoms with van der Waals surface area (Å²) in [7, 11) is 0. The van der Waals surface area contributed by atoms with Crippen molar-refractivity contribution in [2.24, 2.45) is 0 Å². The van der Waals surface area contributed by atoms with Gasteiger partial charge in [0.15, 0.2) is 0 Å². The second kappa shape index (κ2) is 5.97. The molecule has 0 aromatic rings. The van der Waals surface area contributed by atoms with Crippen molar-refractivity contribution in [2.75, 3.05) is 0 Å². The van der Waals surface area contributed by atoms with Crippen LogP contribution in [0.1, 0.15) is 48.0 Å². The van der Waals surface area contributed by atoms with E-state index in [2.05, 4.69) is 9.78 Å². The molecular weight excluding hydrogens is 228 g/mol. The topological polar surface area (TPSA) is 71.1 Å². The Labute approximate surface area is 101 Å². The molecule has 6 nitrogen and oxygen atoms in total. The van der Waals surface area contributed by atoms with Crippen molar-refractivity contribution >= 4 is 11.9 Å². The van der Waals surface area contributed by atoms with Gasteiger partial charge in [-0.15, -0.1) is 0 Å². The first-order chi connectivity index (χ1) is 7.49. The van der Waals surface area contributed by atoms with Gasteiger partial charge in [0, 0.05) is 0 Å². The minimum atomic E-state index is -0.831. The molecular formula is C11H20O6. The van der Waals surface area contributed by atoms with Crippen LogP contribution in [0.25, 0.3) is 0 Å². The van der Waals surface area contributed by atoms with Crippen molar-refractivity contribution < 1.29 is 29.1 Å². The zero-order valence-electron chi connectivity index (χ0n) is 11.2. The van der Waals surface area contributed by atoms with Crippen LogP contribution in [0.4, 0.5) is 0 Å². The maximum Gasteiger partial charge on any atom is 0.353 e. The van der Waals surface area contributed by atoms with E-state index in [1.807, 2.05) is 0 Å². The van der Waals surface area contributed by atoms with Gasteiger partial charge in [-0.2, -0.15) is 9.78 Å². The van der Waals surface area contributed by atoms with Gasteiger partial charge in [-0.25, -0.2) is 9.59 Å². The molecule has 0 aliphatic heterocycles. The third-order valence-electron chi connectivity index (χ3n) is 1.06. The molecule has 0 radical (unpaired) electrons. The van der Waals surface area contributed by atoms with Gasteiger partial charge in [0.1, 0.15) is 17.6 Å². The second-order valence-electron chi connectivity index (χ2n) is 5.48. The van der Waals surface area contributed by atoms with Gasteiger partial charge < -0.3 is 0 Å². The Kier molecular flexibility index (Phi) is 5.57. The minimum Gasteiger partial charge on any atom is -0.297 e. The fraction of sp³-hybridized carbons (Fsp3) is 0.818. The highest BCUT2D eigenvalue weighted by Gasteiger charge is 2.21. The van der Waals surface area contributed by atoms with Crippen LogP contribution in [0, 0.1) is 0 Å². The van der Waals surface area contributed by atoms with Gasteiger partial charge in [0.25, 0.3) is 0 Å². The molecule has 0 amide bonds. The van der Waals surface area contributed by atoms with Crippen LogP contribution in [-0.2, 0) is 29.1 Å². The van der Waals surface area contributed by atoms with Gasteiger partial charge in [-0.3, -0.25) is 9.78 Å². The van der Waals surface area contributed by atoms with Crippen molar-refractivity contribution in [1.29, 1.82) is 0 Å². The summed E-state index contributed by atoms with van der Waals surface area (Å²) in [5.41, 5.74) is -1.25. The predicted molar refractivity (Wildman–Crippen MR) is 58.5 cm³/mol. The molecule has 0 N–H and O–H groups in total. The fourth-order valence-corrected chi connectivity index (χ4v) is 0.520. The third kappa shape index (κ3) is 11.1. The van der Waals surface area contributed by atoms with Crippen molar-refractivity contribution in [3.05, 3.63) is 0 Å². The molecule has 0 spiro atoms. The van der Waals surface area contributed by atoms with Gasteiger partial charge in [0.2, 0.25) is 0 Å². The zero-order valence-corrected chi connectivity index (χ0v) is 11.2. The van der Waals surface area contributed by atoms with Crippen LogP contribution in [0.5, 0.6) is 0 Å². The number of carbonyl (C=O) groups excluding carboxylic acids is 2. The van der Waals surface area contributed by atoms with Gasteiger partial charge in [-0.1, -0.05) is 0 Å². The Morgan fingerprint density at radius 1 is 0.765 bits per heavy atom. The Morgan fingerprint density at radius 2 is 1.06 bits per heavy atom. The molecule has 6 heteroatoms. The summed E-state index contributed by atoms with van der Waals surface area (Å²) >= 11 is 0. The van der Waals surface area contributed by atoms with Crippen molar-refractivity contribution in [3.8, 4) is 0 Å². The number of hydrogen-bond acceptors (Lipinski definition) is 6. The third-order valence-corrected chi connectivity index (χ3v) is 1.06. The molecule has 0 rings (SSSR count). The summed E-state index contributed by atoms with van der Waals surface area (Å²) < 4.78 is 0. The molecule has 0 fully saturated rings. The average molecular weight is 248 g/mol. The van der Waals surface area contributed by atoms with E-state index in [0.717, 1.165) is 0 Å². The first-order valence-corrected chi connectivity index (χ1v) is 5.27. The maximum atomic E-state index is 11.1. The van der Waals surface area contributed by atoms with Gasteiger partial charge in [-0.05, 0) is 41.5 Å². The summed E-state index contributed by atoms with van der Waals surface area (Å²) in [6.07, 6.45) is -0.563. The highest BCUT2D eigenvalue weighted by molar-refractivity contribution is 5.90. The molecule has 17 heavy (non-hydrogen) atoms. The maximum absolute atomic E-state index is 11.1. The molecule has 0 aromatic heterocycles. The van der Waals surface area contributed by atoms with Crippen LogP contribution >= 0.6 is 0 Å².